The van der Waals surface area contributed by atoms with E-state index in [1.54, 1.807) is 14.2 Å². The van der Waals surface area contributed by atoms with Crippen LogP contribution in [0, 0.1) is 0 Å². The summed E-state index contributed by atoms with van der Waals surface area (Å²) in [5.74, 6) is 1.58. The van der Waals surface area contributed by atoms with Crippen molar-refractivity contribution >= 4 is 0 Å². The van der Waals surface area contributed by atoms with E-state index in [-0.39, 0.29) is 6.10 Å². The molecule has 16 heavy (non-hydrogen) atoms. The lowest BCUT2D eigenvalue weighted by Crippen LogP contribution is -2.33. The van der Waals surface area contributed by atoms with Crippen LogP contribution in [-0.2, 0) is 4.74 Å². The van der Waals surface area contributed by atoms with Gasteiger partial charge in [0.1, 0.15) is 17.6 Å². The minimum atomic E-state index is 0.00195. The molecule has 0 amide bonds. The van der Waals surface area contributed by atoms with Gasteiger partial charge in [0.2, 0.25) is 0 Å². The number of nitrogens with one attached hydrogen (secondary N) is 1. The highest BCUT2D eigenvalue weighted by atomic mass is 16.5. The summed E-state index contributed by atoms with van der Waals surface area (Å²) in [5, 5.41) is 3.07. The maximum atomic E-state index is 5.77. The Labute approximate surface area is 96.5 Å². The van der Waals surface area contributed by atoms with Gasteiger partial charge in [-0.3, -0.25) is 0 Å². The molecule has 0 aliphatic heterocycles. The van der Waals surface area contributed by atoms with Gasteiger partial charge >= 0.3 is 0 Å². The van der Waals surface area contributed by atoms with Gasteiger partial charge in [-0.15, -0.1) is 0 Å². The Morgan fingerprint density at radius 3 is 2.62 bits per heavy atom. The van der Waals surface area contributed by atoms with E-state index in [0.29, 0.717) is 6.61 Å². The second-order valence-electron chi connectivity index (χ2n) is 3.43. The topological polar surface area (TPSA) is 39.7 Å². The fourth-order valence-electron chi connectivity index (χ4n) is 1.42. The van der Waals surface area contributed by atoms with Crippen molar-refractivity contribution in [2.75, 3.05) is 34.4 Å². The van der Waals surface area contributed by atoms with Crippen molar-refractivity contribution in [3.63, 3.8) is 0 Å². The summed E-state index contributed by atoms with van der Waals surface area (Å²) in [6.07, 6.45) is 0.00195. The zero-order chi connectivity index (χ0) is 11.8. The zero-order valence-corrected chi connectivity index (χ0v) is 10.0. The van der Waals surface area contributed by atoms with Crippen LogP contribution < -0.4 is 14.8 Å². The largest absolute Gasteiger partial charge is 0.497 e. The molecule has 0 heterocycles. The Morgan fingerprint density at radius 2 is 2.00 bits per heavy atom. The average molecular weight is 225 g/mol. The van der Waals surface area contributed by atoms with Gasteiger partial charge in [-0.1, -0.05) is 6.07 Å². The molecule has 1 aromatic rings. The lowest BCUT2D eigenvalue weighted by Gasteiger charge is -2.18. The van der Waals surface area contributed by atoms with E-state index in [4.69, 9.17) is 14.2 Å². The molecule has 1 aromatic carbocycles. The molecule has 4 nitrogen and oxygen atoms in total. The van der Waals surface area contributed by atoms with Gasteiger partial charge in [-0.25, -0.2) is 0 Å². The van der Waals surface area contributed by atoms with Gasteiger partial charge < -0.3 is 19.5 Å². The van der Waals surface area contributed by atoms with Crippen molar-refractivity contribution < 1.29 is 14.2 Å². The predicted molar refractivity (Wildman–Crippen MR) is 63.2 cm³/mol. The predicted octanol–water partition coefficient (Wildman–Crippen LogP) is 1.31. The fraction of sp³-hybridized carbons (Fsp3) is 0.500. The first-order chi connectivity index (χ1) is 7.80. The van der Waals surface area contributed by atoms with Crippen molar-refractivity contribution in [1.82, 2.24) is 5.32 Å². The van der Waals surface area contributed by atoms with Crippen LogP contribution in [-0.4, -0.2) is 40.5 Å². The van der Waals surface area contributed by atoms with E-state index >= 15 is 0 Å². The number of hydrogen-bond acceptors (Lipinski definition) is 4. The summed E-state index contributed by atoms with van der Waals surface area (Å²) < 4.78 is 16.0. The number of methoxy groups -OCH3 is 2. The molecule has 0 aliphatic carbocycles. The Bertz CT molecular complexity index is 298. The lowest BCUT2D eigenvalue weighted by molar-refractivity contribution is 0.0817. The van der Waals surface area contributed by atoms with Crippen molar-refractivity contribution in [3.05, 3.63) is 24.3 Å². The van der Waals surface area contributed by atoms with Crippen LogP contribution in [0.3, 0.4) is 0 Å². The van der Waals surface area contributed by atoms with Gasteiger partial charge in [-0.2, -0.15) is 0 Å². The van der Waals surface area contributed by atoms with Gasteiger partial charge in [0, 0.05) is 19.7 Å². The first-order valence-corrected chi connectivity index (χ1v) is 5.24. The molecular weight excluding hydrogens is 206 g/mol. The van der Waals surface area contributed by atoms with Crippen LogP contribution >= 0.6 is 0 Å². The Hall–Kier alpha value is -1.26. The Kier molecular flexibility index (Phi) is 5.67. The number of benzene rings is 1. The number of rotatable bonds is 7. The van der Waals surface area contributed by atoms with E-state index in [2.05, 4.69) is 5.32 Å². The number of hydrogen-bond donors (Lipinski definition) is 1. The van der Waals surface area contributed by atoms with Gasteiger partial charge in [0.05, 0.1) is 13.7 Å². The smallest absolute Gasteiger partial charge is 0.134 e. The average Bonchev–Trinajstić information content (AvgIpc) is 2.30. The molecule has 0 saturated carbocycles. The molecule has 0 bridgehead atoms. The van der Waals surface area contributed by atoms with Crippen LogP contribution in [0.2, 0.25) is 0 Å². The molecule has 4 heteroatoms. The molecule has 1 N–H and O–H groups in total. The standard InChI is InChI=1S/C12H19NO3/c1-13-8-12(9-14-2)16-11-6-4-5-10(7-11)15-3/h4-7,12-13H,8-9H2,1-3H3. The van der Waals surface area contributed by atoms with Crippen LogP contribution in [0.25, 0.3) is 0 Å². The second kappa shape index (κ2) is 7.09. The quantitative estimate of drug-likeness (QED) is 0.759. The molecule has 0 fully saturated rings. The molecule has 1 atom stereocenters. The highest BCUT2D eigenvalue weighted by Gasteiger charge is 2.09. The summed E-state index contributed by atoms with van der Waals surface area (Å²) in [6.45, 7) is 1.29. The molecule has 90 valence electrons. The first kappa shape index (κ1) is 12.8. The first-order valence-electron chi connectivity index (χ1n) is 5.24. The van der Waals surface area contributed by atoms with Crippen molar-refractivity contribution in [1.29, 1.82) is 0 Å². The highest BCUT2D eigenvalue weighted by Crippen LogP contribution is 2.19. The summed E-state index contributed by atoms with van der Waals surface area (Å²) in [6, 6.07) is 7.55. The lowest BCUT2D eigenvalue weighted by atomic mass is 10.3. The molecule has 1 rings (SSSR count). The SMILES string of the molecule is CNCC(COC)Oc1cccc(OC)c1. The minimum absolute atomic E-state index is 0.00195. The summed E-state index contributed by atoms with van der Waals surface area (Å²) in [5.41, 5.74) is 0. The van der Waals surface area contributed by atoms with E-state index in [9.17, 15) is 0 Å². The number of likely N-dealkylation sites (N-methyl/N-ethyl adjacent to an activating group) is 1. The van der Waals surface area contributed by atoms with E-state index in [0.717, 1.165) is 18.0 Å². The zero-order valence-electron chi connectivity index (χ0n) is 10.0. The minimum Gasteiger partial charge on any atom is -0.497 e. The molecule has 0 radical (unpaired) electrons. The molecule has 0 aliphatic rings. The van der Waals surface area contributed by atoms with E-state index in [1.807, 2.05) is 31.3 Å². The summed E-state index contributed by atoms with van der Waals surface area (Å²) in [4.78, 5) is 0. The van der Waals surface area contributed by atoms with Crippen LogP contribution in [0.4, 0.5) is 0 Å². The van der Waals surface area contributed by atoms with E-state index in [1.165, 1.54) is 0 Å². The van der Waals surface area contributed by atoms with Crippen molar-refractivity contribution in [3.8, 4) is 11.5 Å². The van der Waals surface area contributed by atoms with Crippen LogP contribution in [0.1, 0.15) is 0 Å². The van der Waals surface area contributed by atoms with E-state index < -0.39 is 0 Å². The maximum absolute atomic E-state index is 5.77. The van der Waals surface area contributed by atoms with Crippen LogP contribution in [0.15, 0.2) is 24.3 Å². The van der Waals surface area contributed by atoms with Crippen molar-refractivity contribution in [2.45, 2.75) is 6.10 Å². The molecule has 1 unspecified atom stereocenters. The fourth-order valence-corrected chi connectivity index (χ4v) is 1.42. The molecular formula is C12H19NO3. The maximum Gasteiger partial charge on any atom is 0.134 e. The van der Waals surface area contributed by atoms with Crippen LogP contribution in [0.5, 0.6) is 11.5 Å². The number of ether oxygens (including phenoxy) is 3. The normalized spacial score (nSPS) is 12.2. The van der Waals surface area contributed by atoms with Gasteiger partial charge in [0.15, 0.2) is 0 Å². The third-order valence-electron chi connectivity index (χ3n) is 2.13. The monoisotopic (exact) mass is 225 g/mol. The Balaban J connectivity index is 2.60. The van der Waals surface area contributed by atoms with Gasteiger partial charge in [-0.05, 0) is 19.2 Å². The second-order valence-corrected chi connectivity index (χ2v) is 3.43. The Morgan fingerprint density at radius 1 is 1.25 bits per heavy atom. The summed E-state index contributed by atoms with van der Waals surface area (Å²) >= 11 is 0. The van der Waals surface area contributed by atoms with Gasteiger partial charge in [0.25, 0.3) is 0 Å². The third kappa shape index (κ3) is 4.08. The van der Waals surface area contributed by atoms with Crippen molar-refractivity contribution in [2.24, 2.45) is 0 Å². The molecule has 0 aromatic heterocycles. The molecule has 0 spiro atoms. The highest BCUT2D eigenvalue weighted by molar-refractivity contribution is 5.32. The summed E-state index contributed by atoms with van der Waals surface area (Å²) in [7, 11) is 5.19. The molecule has 0 saturated heterocycles. The third-order valence-corrected chi connectivity index (χ3v) is 2.13.